The molecule has 4 heteroatoms. The molecule has 0 spiro atoms. The van der Waals surface area contributed by atoms with Crippen LogP contribution in [0.15, 0.2) is 38.5 Å². The van der Waals surface area contributed by atoms with Crippen molar-refractivity contribution in [3.05, 3.63) is 38.5 Å². The number of allylic oxidation sites excluding steroid dienone is 2. The van der Waals surface area contributed by atoms with Crippen LogP contribution in [-0.4, -0.2) is 26.2 Å². The topological polar surface area (TPSA) is 52.6 Å². The SMILES string of the molecule is C=C.C=CC.C=CCCCC(C)(CC)C(=O)OC.CCCCC(C)CC(C)CCCC(C)(CC)C(=O)OC. The Morgan fingerprint density at radius 2 is 1.16 bits per heavy atom. The molecule has 0 saturated carbocycles. The molecule has 0 saturated heterocycles. The predicted molar refractivity (Wildman–Crippen MR) is 168 cm³/mol. The van der Waals surface area contributed by atoms with E-state index in [-0.39, 0.29) is 22.8 Å². The quantitative estimate of drug-likeness (QED) is 0.105. The Labute approximate surface area is 238 Å². The van der Waals surface area contributed by atoms with Gasteiger partial charge < -0.3 is 9.47 Å². The van der Waals surface area contributed by atoms with Crippen LogP contribution < -0.4 is 0 Å². The second kappa shape index (κ2) is 28.2. The summed E-state index contributed by atoms with van der Waals surface area (Å²) in [6, 6.07) is 0. The van der Waals surface area contributed by atoms with Crippen molar-refractivity contribution in [2.24, 2.45) is 22.7 Å². The summed E-state index contributed by atoms with van der Waals surface area (Å²) in [4.78, 5) is 23.2. The molecular weight excluding hydrogens is 472 g/mol. The Kier molecular flexibility index (Phi) is 32.0. The molecule has 0 fully saturated rings. The van der Waals surface area contributed by atoms with Crippen LogP contribution in [0, 0.1) is 22.7 Å². The first-order valence-corrected chi connectivity index (χ1v) is 14.8. The zero-order chi connectivity index (χ0) is 30.6. The van der Waals surface area contributed by atoms with Gasteiger partial charge in [-0.15, -0.1) is 26.3 Å². The highest BCUT2D eigenvalue weighted by molar-refractivity contribution is 5.76. The van der Waals surface area contributed by atoms with E-state index < -0.39 is 0 Å². The molecule has 0 rings (SSSR count). The number of esters is 2. The summed E-state index contributed by atoms with van der Waals surface area (Å²) in [7, 11) is 2.94. The minimum atomic E-state index is -0.308. The van der Waals surface area contributed by atoms with Gasteiger partial charge in [0, 0.05) is 0 Å². The highest BCUT2D eigenvalue weighted by Crippen LogP contribution is 2.32. The summed E-state index contributed by atoms with van der Waals surface area (Å²) >= 11 is 0. The summed E-state index contributed by atoms with van der Waals surface area (Å²) in [5.74, 6) is 1.45. The van der Waals surface area contributed by atoms with Crippen molar-refractivity contribution in [2.75, 3.05) is 14.2 Å². The lowest BCUT2D eigenvalue weighted by Crippen LogP contribution is -2.28. The molecule has 4 unspecified atom stereocenters. The maximum absolute atomic E-state index is 11.8. The number of ether oxygens (including phenoxy) is 2. The second-order valence-corrected chi connectivity index (χ2v) is 10.9. The van der Waals surface area contributed by atoms with E-state index in [0.29, 0.717) is 0 Å². The Balaban J connectivity index is -0.000000275. The first kappa shape index (κ1) is 43.2. The van der Waals surface area contributed by atoms with E-state index in [9.17, 15) is 9.59 Å². The van der Waals surface area contributed by atoms with Crippen LogP contribution in [0.4, 0.5) is 0 Å². The van der Waals surface area contributed by atoms with E-state index in [0.717, 1.165) is 56.8 Å². The maximum Gasteiger partial charge on any atom is 0.311 e. The summed E-state index contributed by atoms with van der Waals surface area (Å²) in [5.41, 5.74) is -0.597. The van der Waals surface area contributed by atoms with Crippen LogP contribution in [0.1, 0.15) is 132 Å². The lowest BCUT2D eigenvalue weighted by Gasteiger charge is -2.26. The first-order chi connectivity index (χ1) is 17.9. The summed E-state index contributed by atoms with van der Waals surface area (Å²) in [6.07, 6.45) is 16.8. The predicted octanol–water partition coefficient (Wildman–Crippen LogP) is 10.5. The van der Waals surface area contributed by atoms with Crippen molar-refractivity contribution in [1.82, 2.24) is 0 Å². The zero-order valence-electron chi connectivity index (χ0n) is 27.3. The monoisotopic (exact) mass is 538 g/mol. The Morgan fingerprint density at radius 3 is 1.47 bits per heavy atom. The fourth-order valence-electron chi connectivity index (χ4n) is 4.29. The Hall–Kier alpha value is -1.84. The van der Waals surface area contributed by atoms with E-state index in [1.165, 1.54) is 46.3 Å². The summed E-state index contributed by atoms with van der Waals surface area (Å²) < 4.78 is 9.71. The summed E-state index contributed by atoms with van der Waals surface area (Å²) in [6.45, 7) is 30.0. The van der Waals surface area contributed by atoms with Gasteiger partial charge in [0.05, 0.1) is 25.0 Å². The number of rotatable bonds is 17. The average molecular weight is 539 g/mol. The van der Waals surface area contributed by atoms with Crippen molar-refractivity contribution < 1.29 is 19.1 Å². The van der Waals surface area contributed by atoms with Gasteiger partial charge in [-0.25, -0.2) is 0 Å². The van der Waals surface area contributed by atoms with E-state index in [4.69, 9.17) is 9.47 Å². The van der Waals surface area contributed by atoms with Gasteiger partial charge in [-0.1, -0.05) is 78.9 Å². The lowest BCUT2D eigenvalue weighted by atomic mass is 9.80. The smallest absolute Gasteiger partial charge is 0.311 e. The van der Waals surface area contributed by atoms with E-state index in [1.807, 2.05) is 33.8 Å². The third-order valence-corrected chi connectivity index (χ3v) is 7.33. The van der Waals surface area contributed by atoms with Crippen molar-refractivity contribution >= 4 is 11.9 Å². The van der Waals surface area contributed by atoms with Crippen LogP contribution in [-0.2, 0) is 19.1 Å². The molecule has 0 aromatic carbocycles. The molecule has 226 valence electrons. The number of hydrogen-bond donors (Lipinski definition) is 0. The molecule has 0 radical (unpaired) electrons. The molecule has 38 heavy (non-hydrogen) atoms. The highest BCUT2D eigenvalue weighted by atomic mass is 16.5. The van der Waals surface area contributed by atoms with Gasteiger partial charge in [0.15, 0.2) is 0 Å². The van der Waals surface area contributed by atoms with Gasteiger partial charge in [0.1, 0.15) is 0 Å². The number of methoxy groups -OCH3 is 2. The van der Waals surface area contributed by atoms with Crippen LogP contribution in [0.5, 0.6) is 0 Å². The largest absolute Gasteiger partial charge is 0.469 e. The molecule has 0 aliphatic rings. The molecule has 4 atom stereocenters. The van der Waals surface area contributed by atoms with Crippen LogP contribution >= 0.6 is 0 Å². The second-order valence-electron chi connectivity index (χ2n) is 10.9. The molecule has 4 nitrogen and oxygen atoms in total. The number of carbonyl (C=O) groups is 2. The highest BCUT2D eigenvalue weighted by Gasteiger charge is 2.32. The normalized spacial score (nSPS) is 14.6. The average Bonchev–Trinajstić information content (AvgIpc) is 2.92. The van der Waals surface area contributed by atoms with Crippen molar-refractivity contribution in [2.45, 2.75) is 132 Å². The van der Waals surface area contributed by atoms with Crippen LogP contribution in [0.3, 0.4) is 0 Å². The fourth-order valence-corrected chi connectivity index (χ4v) is 4.29. The standard InChI is InChI=1S/C18H36O2.C11H20O2.C3H6.C2H4/c1-7-9-11-15(3)14-16(4)12-10-13-18(5,8-2)17(19)20-6;1-5-7-8-9-11(3,6-2)10(12)13-4;1-3-2;1-2/h15-16H,7-14H2,1-6H3;5H,1,6-9H2,2-4H3;3H,1H2,2H3;1-2H2. The van der Waals surface area contributed by atoms with E-state index in [1.54, 1.807) is 6.08 Å². The van der Waals surface area contributed by atoms with Crippen LogP contribution in [0.25, 0.3) is 0 Å². The number of carbonyl (C=O) groups excluding carboxylic acids is 2. The number of unbranched alkanes of at least 4 members (excludes halogenated alkanes) is 2. The van der Waals surface area contributed by atoms with Gasteiger partial charge >= 0.3 is 11.9 Å². The molecule has 0 bridgehead atoms. The molecule has 0 aliphatic carbocycles. The first-order valence-electron chi connectivity index (χ1n) is 14.8. The van der Waals surface area contributed by atoms with Crippen LogP contribution in [0.2, 0.25) is 0 Å². The fraction of sp³-hybridized carbons (Fsp3) is 0.765. The lowest BCUT2D eigenvalue weighted by molar-refractivity contribution is -0.153. The molecular formula is C34H66O4. The molecule has 0 amide bonds. The van der Waals surface area contributed by atoms with Crippen molar-refractivity contribution in [1.29, 1.82) is 0 Å². The molecule has 0 heterocycles. The third-order valence-electron chi connectivity index (χ3n) is 7.33. The minimum absolute atomic E-state index is 0.0519. The minimum Gasteiger partial charge on any atom is -0.469 e. The van der Waals surface area contributed by atoms with E-state index in [2.05, 4.69) is 54.0 Å². The van der Waals surface area contributed by atoms with Gasteiger partial charge in [-0.2, -0.15) is 0 Å². The van der Waals surface area contributed by atoms with E-state index >= 15 is 0 Å². The van der Waals surface area contributed by atoms with Crippen molar-refractivity contribution in [3.63, 3.8) is 0 Å². The molecule has 0 aliphatic heterocycles. The van der Waals surface area contributed by atoms with Crippen molar-refractivity contribution in [3.8, 4) is 0 Å². The van der Waals surface area contributed by atoms with Gasteiger partial charge in [0.2, 0.25) is 0 Å². The van der Waals surface area contributed by atoms with Gasteiger partial charge in [0.25, 0.3) is 0 Å². The molecule has 0 N–H and O–H groups in total. The number of hydrogen-bond acceptors (Lipinski definition) is 4. The maximum atomic E-state index is 11.8. The van der Waals surface area contributed by atoms with Gasteiger partial charge in [-0.3, -0.25) is 9.59 Å². The summed E-state index contributed by atoms with van der Waals surface area (Å²) in [5, 5.41) is 0. The molecule has 0 aromatic rings. The molecule has 0 aromatic heterocycles. The zero-order valence-corrected chi connectivity index (χ0v) is 27.3. The third kappa shape index (κ3) is 22.2. The Bertz CT molecular complexity index is 585. The van der Waals surface area contributed by atoms with Gasteiger partial charge in [-0.05, 0) is 77.6 Å². The Morgan fingerprint density at radius 1 is 0.789 bits per heavy atom.